The highest BCUT2D eigenvalue weighted by Gasteiger charge is 2.24. The second-order valence-corrected chi connectivity index (χ2v) is 9.20. The average molecular weight is 538 g/mol. The standard InChI is InChI=1S/C27H29F2N7O3/c1-16(28)12-31-13-17-3-8-21(22(29)11-17)26-34-35-27(39-26)24-25(30)32-14-23(33-24)18-4-6-19(7-5-18)36(37-2)20-9-10-38-15-20/h3-8,11,14,16,20,31H,9-10,12-13,15H2,1-2H3,(H2,30,32). The van der Waals surface area contributed by atoms with E-state index in [-0.39, 0.29) is 41.4 Å². The Labute approximate surface area is 224 Å². The minimum Gasteiger partial charge on any atom is -0.414 e. The fraction of sp³-hybridized carbons (Fsp3) is 0.333. The molecule has 10 nitrogen and oxygen atoms in total. The number of aromatic nitrogens is 4. The number of nitrogens with one attached hydrogen (secondary N) is 1. The molecule has 2 atom stereocenters. The van der Waals surface area contributed by atoms with E-state index in [2.05, 4.69) is 25.5 Å². The lowest BCUT2D eigenvalue weighted by molar-refractivity contribution is 0.124. The maximum atomic E-state index is 14.8. The van der Waals surface area contributed by atoms with Gasteiger partial charge in [0.1, 0.15) is 12.0 Å². The number of halogens is 2. The molecule has 1 aliphatic rings. The number of hydrogen-bond donors (Lipinski definition) is 2. The van der Waals surface area contributed by atoms with E-state index in [0.29, 0.717) is 31.0 Å². The molecule has 3 N–H and O–H groups in total. The number of rotatable bonds is 10. The Morgan fingerprint density at radius 3 is 2.67 bits per heavy atom. The highest BCUT2D eigenvalue weighted by atomic mass is 19.1. The first-order valence-corrected chi connectivity index (χ1v) is 12.5. The molecule has 39 heavy (non-hydrogen) atoms. The number of anilines is 2. The normalized spacial score (nSPS) is 15.9. The topological polar surface area (TPSA) is 124 Å². The van der Waals surface area contributed by atoms with Gasteiger partial charge in [-0.25, -0.2) is 23.8 Å². The molecule has 2 aromatic heterocycles. The summed E-state index contributed by atoms with van der Waals surface area (Å²) in [5.41, 5.74) is 9.29. The third kappa shape index (κ3) is 6.03. The third-order valence-electron chi connectivity index (χ3n) is 6.30. The molecule has 5 rings (SSSR count). The summed E-state index contributed by atoms with van der Waals surface area (Å²) in [7, 11) is 1.63. The summed E-state index contributed by atoms with van der Waals surface area (Å²) in [5.74, 6) is -0.449. The number of hydroxylamine groups is 1. The summed E-state index contributed by atoms with van der Waals surface area (Å²) in [4.78, 5) is 14.4. The molecule has 0 bridgehead atoms. The second kappa shape index (κ2) is 11.8. The zero-order chi connectivity index (χ0) is 27.4. The van der Waals surface area contributed by atoms with Gasteiger partial charge in [0.25, 0.3) is 11.8 Å². The second-order valence-electron chi connectivity index (χ2n) is 9.20. The largest absolute Gasteiger partial charge is 0.414 e. The predicted molar refractivity (Wildman–Crippen MR) is 142 cm³/mol. The van der Waals surface area contributed by atoms with Gasteiger partial charge in [0.05, 0.1) is 42.9 Å². The Bertz CT molecular complexity index is 1410. The number of nitrogen functional groups attached to an aromatic ring is 1. The van der Waals surface area contributed by atoms with Gasteiger partial charge >= 0.3 is 0 Å². The van der Waals surface area contributed by atoms with Gasteiger partial charge in [-0.05, 0) is 43.2 Å². The maximum absolute atomic E-state index is 14.8. The Hall–Kier alpha value is -4.00. The Morgan fingerprint density at radius 1 is 1.18 bits per heavy atom. The number of alkyl halides is 1. The molecule has 0 spiro atoms. The molecule has 4 aromatic rings. The fourth-order valence-electron chi connectivity index (χ4n) is 4.33. The minimum absolute atomic E-state index is 0.0161. The molecule has 0 amide bonds. The van der Waals surface area contributed by atoms with Crippen LogP contribution in [0.5, 0.6) is 0 Å². The average Bonchev–Trinajstić information content (AvgIpc) is 3.63. The first-order chi connectivity index (χ1) is 18.9. The number of nitrogens with zero attached hydrogens (tertiary/aromatic N) is 5. The summed E-state index contributed by atoms with van der Waals surface area (Å²) in [6.07, 6.45) is 1.46. The van der Waals surface area contributed by atoms with E-state index < -0.39 is 12.0 Å². The fourth-order valence-corrected chi connectivity index (χ4v) is 4.33. The first kappa shape index (κ1) is 26.6. The van der Waals surface area contributed by atoms with Crippen molar-refractivity contribution in [3.63, 3.8) is 0 Å². The van der Waals surface area contributed by atoms with Crippen LogP contribution < -0.4 is 16.1 Å². The van der Waals surface area contributed by atoms with Gasteiger partial charge < -0.3 is 20.2 Å². The van der Waals surface area contributed by atoms with Crippen LogP contribution in [0.2, 0.25) is 0 Å². The molecular weight excluding hydrogens is 508 g/mol. The van der Waals surface area contributed by atoms with Gasteiger partial charge in [0, 0.05) is 25.3 Å². The lowest BCUT2D eigenvalue weighted by Crippen LogP contribution is -2.34. The van der Waals surface area contributed by atoms with Gasteiger partial charge in [0.15, 0.2) is 11.5 Å². The van der Waals surface area contributed by atoms with Crippen molar-refractivity contribution in [1.29, 1.82) is 0 Å². The summed E-state index contributed by atoms with van der Waals surface area (Å²) < 4.78 is 39.0. The van der Waals surface area contributed by atoms with Gasteiger partial charge in [-0.2, -0.15) is 0 Å². The van der Waals surface area contributed by atoms with Crippen LogP contribution in [0.15, 0.2) is 53.1 Å². The predicted octanol–water partition coefficient (Wildman–Crippen LogP) is 4.19. The summed E-state index contributed by atoms with van der Waals surface area (Å²) in [5, 5.41) is 12.8. The maximum Gasteiger partial charge on any atom is 0.270 e. The van der Waals surface area contributed by atoms with Crippen LogP contribution in [-0.2, 0) is 16.1 Å². The molecule has 1 aliphatic heterocycles. The van der Waals surface area contributed by atoms with E-state index in [1.807, 2.05) is 29.3 Å². The van der Waals surface area contributed by atoms with Gasteiger partial charge in [-0.1, -0.05) is 18.2 Å². The zero-order valence-corrected chi connectivity index (χ0v) is 21.6. The zero-order valence-electron chi connectivity index (χ0n) is 21.6. The van der Waals surface area contributed by atoms with Crippen molar-refractivity contribution in [3.8, 4) is 34.3 Å². The van der Waals surface area contributed by atoms with Crippen LogP contribution in [0.4, 0.5) is 20.3 Å². The molecule has 0 aliphatic carbocycles. The van der Waals surface area contributed by atoms with E-state index in [4.69, 9.17) is 19.7 Å². The SMILES string of the molecule is CON(c1ccc(-c2cnc(N)c(-c3nnc(-c4ccc(CNCC(C)F)cc4F)o3)n2)cc1)C1CCOC1. The minimum atomic E-state index is -0.988. The van der Waals surface area contributed by atoms with Crippen molar-refractivity contribution in [3.05, 3.63) is 60.0 Å². The van der Waals surface area contributed by atoms with E-state index in [1.54, 1.807) is 19.4 Å². The van der Waals surface area contributed by atoms with Crippen molar-refractivity contribution in [2.45, 2.75) is 32.1 Å². The van der Waals surface area contributed by atoms with Crippen LogP contribution in [0.1, 0.15) is 18.9 Å². The van der Waals surface area contributed by atoms with Gasteiger partial charge in [0.2, 0.25) is 0 Å². The molecular formula is C27H29F2N7O3. The van der Waals surface area contributed by atoms with Crippen LogP contribution in [-0.4, -0.2) is 59.2 Å². The molecule has 1 saturated heterocycles. The molecule has 0 radical (unpaired) electrons. The Morgan fingerprint density at radius 2 is 1.97 bits per heavy atom. The quantitative estimate of drug-likeness (QED) is 0.285. The van der Waals surface area contributed by atoms with E-state index in [1.165, 1.54) is 19.1 Å². The summed E-state index contributed by atoms with van der Waals surface area (Å²) in [6, 6.07) is 12.4. The third-order valence-corrected chi connectivity index (χ3v) is 6.30. The number of nitrogens with two attached hydrogens (primary N) is 1. The van der Waals surface area contributed by atoms with Crippen molar-refractivity contribution >= 4 is 11.5 Å². The Kier molecular flexibility index (Phi) is 8.05. The van der Waals surface area contributed by atoms with Crippen LogP contribution >= 0.6 is 0 Å². The van der Waals surface area contributed by atoms with Crippen molar-refractivity contribution in [2.24, 2.45) is 0 Å². The molecule has 2 unspecified atom stereocenters. The Balaban J connectivity index is 1.35. The van der Waals surface area contributed by atoms with E-state index in [9.17, 15) is 8.78 Å². The van der Waals surface area contributed by atoms with Crippen molar-refractivity contribution in [1.82, 2.24) is 25.5 Å². The van der Waals surface area contributed by atoms with E-state index >= 15 is 0 Å². The molecule has 3 heterocycles. The van der Waals surface area contributed by atoms with Gasteiger partial charge in [-0.15, -0.1) is 10.2 Å². The molecule has 1 fully saturated rings. The lowest BCUT2D eigenvalue weighted by atomic mass is 10.1. The van der Waals surface area contributed by atoms with Crippen LogP contribution in [0, 0.1) is 5.82 Å². The first-order valence-electron chi connectivity index (χ1n) is 12.5. The van der Waals surface area contributed by atoms with Crippen molar-refractivity contribution < 1.29 is 22.8 Å². The van der Waals surface area contributed by atoms with Crippen LogP contribution in [0.3, 0.4) is 0 Å². The monoisotopic (exact) mass is 537 g/mol. The van der Waals surface area contributed by atoms with Crippen LogP contribution in [0.25, 0.3) is 34.3 Å². The van der Waals surface area contributed by atoms with E-state index in [0.717, 1.165) is 17.7 Å². The smallest absolute Gasteiger partial charge is 0.270 e. The molecule has 2 aromatic carbocycles. The number of hydrogen-bond acceptors (Lipinski definition) is 10. The van der Waals surface area contributed by atoms with Gasteiger partial charge in [-0.3, -0.25) is 4.84 Å². The molecule has 204 valence electrons. The summed E-state index contributed by atoms with van der Waals surface area (Å²) in [6.45, 7) is 3.29. The molecule has 0 saturated carbocycles. The number of ether oxygens (including phenoxy) is 1. The highest BCUT2D eigenvalue weighted by Crippen LogP contribution is 2.30. The highest BCUT2D eigenvalue weighted by molar-refractivity contribution is 5.70. The number of benzene rings is 2. The summed E-state index contributed by atoms with van der Waals surface area (Å²) >= 11 is 0. The lowest BCUT2D eigenvalue weighted by Gasteiger charge is -2.27. The van der Waals surface area contributed by atoms with Crippen molar-refractivity contribution in [2.75, 3.05) is 37.7 Å². The molecule has 12 heteroatoms.